The molecule has 60 valence electrons. The van der Waals surface area contributed by atoms with Crippen LogP contribution in [0.2, 0.25) is 0 Å². The van der Waals surface area contributed by atoms with Gasteiger partial charge in [0.15, 0.2) is 5.76 Å². The van der Waals surface area contributed by atoms with Gasteiger partial charge in [0.05, 0.1) is 12.2 Å². The fraction of sp³-hybridized carbons (Fsp3) is 0.375. The first kappa shape index (κ1) is 8.01. The first-order chi connectivity index (χ1) is 5.38. The van der Waals surface area contributed by atoms with Crippen LogP contribution >= 0.6 is 0 Å². The van der Waals surface area contributed by atoms with Crippen LogP contribution in [0.25, 0.3) is 0 Å². The summed E-state index contributed by atoms with van der Waals surface area (Å²) >= 11 is 0. The number of allylic oxidation sites excluding steroid dienone is 1. The van der Waals surface area contributed by atoms with Crippen LogP contribution in [0.5, 0.6) is 0 Å². The van der Waals surface area contributed by atoms with E-state index in [0.717, 1.165) is 5.76 Å². The second kappa shape index (κ2) is 3.93. The maximum atomic E-state index is 4.98. The van der Waals surface area contributed by atoms with E-state index in [0.29, 0.717) is 0 Å². The number of aromatic nitrogens is 1. The third-order valence-electron chi connectivity index (χ3n) is 1.46. The SMILES string of the molecule is C/C=C/C(NC)c1ccno1. The lowest BCUT2D eigenvalue weighted by molar-refractivity contribution is 0.363. The number of nitrogens with zero attached hydrogens (tertiary/aromatic N) is 1. The lowest BCUT2D eigenvalue weighted by Crippen LogP contribution is -2.12. The van der Waals surface area contributed by atoms with Crippen molar-refractivity contribution in [3.05, 3.63) is 30.2 Å². The summed E-state index contributed by atoms with van der Waals surface area (Å²) in [7, 11) is 1.88. The molecule has 1 N–H and O–H groups in total. The number of nitrogens with one attached hydrogen (secondary N) is 1. The molecular weight excluding hydrogens is 140 g/mol. The molecular formula is C8H12N2O. The molecule has 1 aromatic rings. The van der Waals surface area contributed by atoms with Crippen LogP contribution in [0.1, 0.15) is 18.7 Å². The largest absolute Gasteiger partial charge is 0.359 e. The Morgan fingerprint density at radius 1 is 1.73 bits per heavy atom. The quantitative estimate of drug-likeness (QED) is 0.667. The van der Waals surface area contributed by atoms with Crippen LogP contribution in [-0.2, 0) is 0 Å². The summed E-state index contributed by atoms with van der Waals surface area (Å²) in [5.74, 6) is 0.839. The average Bonchev–Trinajstić information content (AvgIpc) is 2.52. The van der Waals surface area contributed by atoms with Gasteiger partial charge in [-0.15, -0.1) is 0 Å². The van der Waals surface area contributed by atoms with Gasteiger partial charge < -0.3 is 9.84 Å². The van der Waals surface area contributed by atoms with Crippen molar-refractivity contribution in [3.8, 4) is 0 Å². The molecule has 3 nitrogen and oxygen atoms in total. The highest BCUT2D eigenvalue weighted by Crippen LogP contribution is 2.11. The third kappa shape index (κ3) is 1.91. The van der Waals surface area contributed by atoms with Gasteiger partial charge in [-0.05, 0) is 14.0 Å². The maximum absolute atomic E-state index is 4.98. The number of hydrogen-bond acceptors (Lipinski definition) is 3. The Kier molecular flexibility index (Phi) is 2.86. The molecule has 0 aliphatic heterocycles. The van der Waals surface area contributed by atoms with Gasteiger partial charge in [0.25, 0.3) is 0 Å². The molecule has 0 aromatic carbocycles. The Bertz CT molecular complexity index is 216. The minimum Gasteiger partial charge on any atom is -0.359 e. The van der Waals surface area contributed by atoms with E-state index in [2.05, 4.69) is 10.5 Å². The average molecular weight is 152 g/mol. The maximum Gasteiger partial charge on any atom is 0.157 e. The second-order valence-corrected chi connectivity index (χ2v) is 2.21. The molecule has 0 saturated heterocycles. The zero-order valence-corrected chi connectivity index (χ0v) is 6.74. The summed E-state index contributed by atoms with van der Waals surface area (Å²) in [5.41, 5.74) is 0. The van der Waals surface area contributed by atoms with Gasteiger partial charge >= 0.3 is 0 Å². The molecule has 0 bridgehead atoms. The summed E-state index contributed by atoms with van der Waals surface area (Å²) in [6.45, 7) is 1.97. The van der Waals surface area contributed by atoms with Crippen molar-refractivity contribution >= 4 is 0 Å². The van der Waals surface area contributed by atoms with Crippen molar-refractivity contribution in [2.75, 3.05) is 7.05 Å². The minimum atomic E-state index is 0.141. The van der Waals surface area contributed by atoms with Gasteiger partial charge in [-0.3, -0.25) is 0 Å². The molecule has 1 heterocycles. The Balaban J connectivity index is 2.71. The molecule has 0 saturated carbocycles. The van der Waals surface area contributed by atoms with Crippen molar-refractivity contribution in [2.45, 2.75) is 13.0 Å². The summed E-state index contributed by atoms with van der Waals surface area (Å²) in [4.78, 5) is 0. The highest BCUT2D eigenvalue weighted by molar-refractivity contribution is 5.08. The van der Waals surface area contributed by atoms with Gasteiger partial charge in [0.1, 0.15) is 0 Å². The van der Waals surface area contributed by atoms with E-state index in [9.17, 15) is 0 Å². The van der Waals surface area contributed by atoms with Crippen LogP contribution in [0, 0.1) is 0 Å². The Labute approximate surface area is 66.1 Å². The third-order valence-corrected chi connectivity index (χ3v) is 1.46. The summed E-state index contributed by atoms with van der Waals surface area (Å²) in [5, 5.41) is 6.71. The smallest absolute Gasteiger partial charge is 0.157 e. The van der Waals surface area contributed by atoms with Crippen LogP contribution in [0.15, 0.2) is 28.9 Å². The van der Waals surface area contributed by atoms with E-state index in [-0.39, 0.29) is 6.04 Å². The molecule has 0 spiro atoms. The van der Waals surface area contributed by atoms with Crippen molar-refractivity contribution in [3.63, 3.8) is 0 Å². The highest BCUT2D eigenvalue weighted by Gasteiger charge is 2.07. The summed E-state index contributed by atoms with van der Waals surface area (Å²) in [6.07, 6.45) is 5.63. The van der Waals surface area contributed by atoms with Gasteiger partial charge in [-0.2, -0.15) is 0 Å². The topological polar surface area (TPSA) is 38.1 Å². The molecule has 0 aliphatic rings. The monoisotopic (exact) mass is 152 g/mol. The van der Waals surface area contributed by atoms with Crippen molar-refractivity contribution < 1.29 is 4.52 Å². The predicted octanol–water partition coefficient (Wildman–Crippen LogP) is 1.51. The lowest BCUT2D eigenvalue weighted by atomic mass is 10.2. The molecule has 0 radical (unpaired) electrons. The summed E-state index contributed by atoms with van der Waals surface area (Å²) < 4.78 is 4.98. The fourth-order valence-corrected chi connectivity index (χ4v) is 0.912. The van der Waals surface area contributed by atoms with E-state index in [1.54, 1.807) is 6.20 Å². The van der Waals surface area contributed by atoms with Gasteiger partial charge in [0.2, 0.25) is 0 Å². The van der Waals surface area contributed by atoms with Gasteiger partial charge in [0, 0.05) is 6.07 Å². The number of hydrogen-bond donors (Lipinski definition) is 1. The number of likely N-dealkylation sites (N-methyl/N-ethyl adjacent to an activating group) is 1. The molecule has 0 aliphatic carbocycles. The molecule has 11 heavy (non-hydrogen) atoms. The summed E-state index contributed by atoms with van der Waals surface area (Å²) in [6, 6.07) is 1.99. The first-order valence-corrected chi connectivity index (χ1v) is 3.59. The zero-order valence-electron chi connectivity index (χ0n) is 6.74. The van der Waals surface area contributed by atoms with E-state index in [1.807, 2.05) is 32.2 Å². The zero-order chi connectivity index (χ0) is 8.10. The standard InChI is InChI=1S/C8H12N2O/c1-3-4-7(9-2)8-5-6-10-11-8/h3-7,9H,1-2H3/b4-3+. The Hall–Kier alpha value is -1.09. The first-order valence-electron chi connectivity index (χ1n) is 3.59. The normalized spacial score (nSPS) is 14.0. The van der Waals surface area contributed by atoms with Crippen LogP contribution in [-0.4, -0.2) is 12.2 Å². The van der Waals surface area contributed by atoms with Gasteiger partial charge in [-0.1, -0.05) is 17.3 Å². The molecule has 0 amide bonds. The van der Waals surface area contributed by atoms with E-state index in [1.165, 1.54) is 0 Å². The van der Waals surface area contributed by atoms with Crippen LogP contribution in [0.4, 0.5) is 0 Å². The molecule has 1 aromatic heterocycles. The molecule has 3 heteroatoms. The van der Waals surface area contributed by atoms with Crippen molar-refractivity contribution in [1.82, 2.24) is 10.5 Å². The van der Waals surface area contributed by atoms with Crippen LogP contribution in [0.3, 0.4) is 0 Å². The van der Waals surface area contributed by atoms with Crippen molar-refractivity contribution in [2.24, 2.45) is 0 Å². The van der Waals surface area contributed by atoms with E-state index < -0.39 is 0 Å². The van der Waals surface area contributed by atoms with E-state index >= 15 is 0 Å². The second-order valence-electron chi connectivity index (χ2n) is 2.21. The molecule has 1 rings (SSSR count). The Morgan fingerprint density at radius 2 is 2.55 bits per heavy atom. The van der Waals surface area contributed by atoms with Gasteiger partial charge in [-0.25, -0.2) is 0 Å². The molecule has 0 fully saturated rings. The van der Waals surface area contributed by atoms with Crippen LogP contribution < -0.4 is 5.32 Å². The fourth-order valence-electron chi connectivity index (χ4n) is 0.912. The highest BCUT2D eigenvalue weighted by atomic mass is 16.5. The van der Waals surface area contributed by atoms with E-state index in [4.69, 9.17) is 4.52 Å². The number of rotatable bonds is 3. The Morgan fingerprint density at radius 3 is 3.00 bits per heavy atom. The molecule has 1 unspecified atom stereocenters. The van der Waals surface area contributed by atoms with Crippen molar-refractivity contribution in [1.29, 1.82) is 0 Å². The molecule has 1 atom stereocenters. The minimum absolute atomic E-state index is 0.141. The lowest BCUT2D eigenvalue weighted by Gasteiger charge is -2.05. The predicted molar refractivity (Wildman–Crippen MR) is 43.1 cm³/mol.